The highest BCUT2D eigenvalue weighted by Gasteiger charge is 2.14. The molecule has 21 heavy (non-hydrogen) atoms. The summed E-state index contributed by atoms with van der Waals surface area (Å²) in [5.74, 6) is 0.358. The number of rotatable bonds is 9. The zero-order valence-corrected chi connectivity index (χ0v) is 13.1. The van der Waals surface area contributed by atoms with E-state index in [2.05, 4.69) is 5.32 Å². The fourth-order valence-electron chi connectivity index (χ4n) is 2.02. The summed E-state index contributed by atoms with van der Waals surface area (Å²) in [5, 5.41) is 20.8. The minimum atomic E-state index is -3.37. The molecule has 0 saturated heterocycles. The lowest BCUT2D eigenvalue weighted by Crippen LogP contribution is -2.28. The Balaban J connectivity index is 2.52. The van der Waals surface area contributed by atoms with E-state index < -0.39 is 9.84 Å². The number of hydrogen-bond donors (Lipinski definition) is 2. The van der Waals surface area contributed by atoms with E-state index in [0.29, 0.717) is 24.6 Å². The van der Waals surface area contributed by atoms with Crippen LogP contribution in [0, 0.1) is 17.2 Å². The number of nitriles is 1. The fourth-order valence-corrected chi connectivity index (χ4v) is 3.26. The van der Waals surface area contributed by atoms with Crippen molar-refractivity contribution in [2.75, 3.05) is 25.4 Å². The molecule has 0 aromatic heterocycles. The molecule has 0 radical (unpaired) electrons. The summed E-state index contributed by atoms with van der Waals surface area (Å²) in [6, 6.07) is 8.01. The van der Waals surface area contributed by atoms with Crippen LogP contribution in [0.4, 0.5) is 0 Å². The Hall–Kier alpha value is -1.42. The molecule has 1 aromatic rings. The van der Waals surface area contributed by atoms with E-state index >= 15 is 0 Å². The van der Waals surface area contributed by atoms with Gasteiger partial charge in [0.05, 0.1) is 22.3 Å². The Kier molecular flexibility index (Phi) is 7.37. The lowest BCUT2D eigenvalue weighted by atomic mass is 10.0. The van der Waals surface area contributed by atoms with Crippen LogP contribution in [-0.2, 0) is 9.84 Å². The topological polar surface area (TPSA) is 90.2 Å². The molecule has 0 saturated carbocycles. The maximum absolute atomic E-state index is 12.2. The zero-order valence-electron chi connectivity index (χ0n) is 12.2. The first kappa shape index (κ1) is 17.6. The van der Waals surface area contributed by atoms with Gasteiger partial charge in [-0.05, 0) is 37.1 Å². The van der Waals surface area contributed by atoms with E-state index in [1.807, 2.05) is 13.0 Å². The molecule has 0 aliphatic heterocycles. The van der Waals surface area contributed by atoms with E-state index in [9.17, 15) is 8.42 Å². The second kappa shape index (κ2) is 8.78. The quantitative estimate of drug-likeness (QED) is 0.672. The standard InChI is InChI=1S/C15H22N2O3S/c1-2-13(6-8-18)12-17-7-9-21(19,20)15-5-3-4-14(10-15)11-16/h3-5,10,13,17-18H,2,6-9,12H2,1H3. The second-order valence-electron chi connectivity index (χ2n) is 4.95. The molecular weight excluding hydrogens is 288 g/mol. The summed E-state index contributed by atoms with van der Waals surface area (Å²) in [7, 11) is -3.37. The predicted molar refractivity (Wildman–Crippen MR) is 81.6 cm³/mol. The molecule has 1 aromatic carbocycles. The van der Waals surface area contributed by atoms with Crippen molar-refractivity contribution in [3.63, 3.8) is 0 Å². The third-order valence-electron chi connectivity index (χ3n) is 3.42. The van der Waals surface area contributed by atoms with Crippen molar-refractivity contribution in [1.29, 1.82) is 5.26 Å². The Labute approximate surface area is 126 Å². The number of nitrogens with one attached hydrogen (secondary N) is 1. The number of benzene rings is 1. The largest absolute Gasteiger partial charge is 0.396 e. The van der Waals surface area contributed by atoms with Crippen LogP contribution in [0.15, 0.2) is 29.2 Å². The first-order valence-electron chi connectivity index (χ1n) is 7.08. The van der Waals surface area contributed by atoms with Gasteiger partial charge in [-0.15, -0.1) is 0 Å². The number of nitrogens with zero attached hydrogens (tertiary/aromatic N) is 1. The van der Waals surface area contributed by atoms with Crippen molar-refractivity contribution in [2.24, 2.45) is 5.92 Å². The molecule has 2 N–H and O–H groups in total. The number of hydrogen-bond acceptors (Lipinski definition) is 5. The molecule has 0 fully saturated rings. The van der Waals surface area contributed by atoms with Crippen LogP contribution in [0.1, 0.15) is 25.3 Å². The summed E-state index contributed by atoms with van der Waals surface area (Å²) in [6.45, 7) is 3.26. The first-order chi connectivity index (χ1) is 10.0. The Morgan fingerprint density at radius 1 is 1.43 bits per heavy atom. The van der Waals surface area contributed by atoms with Crippen LogP contribution in [-0.4, -0.2) is 39.0 Å². The molecule has 0 aliphatic rings. The van der Waals surface area contributed by atoms with Gasteiger partial charge in [0.25, 0.3) is 0 Å². The van der Waals surface area contributed by atoms with Crippen LogP contribution < -0.4 is 5.32 Å². The van der Waals surface area contributed by atoms with E-state index in [1.54, 1.807) is 12.1 Å². The normalized spacial score (nSPS) is 12.8. The van der Waals surface area contributed by atoms with Gasteiger partial charge in [-0.3, -0.25) is 0 Å². The maximum Gasteiger partial charge on any atom is 0.179 e. The monoisotopic (exact) mass is 310 g/mol. The zero-order chi connectivity index (χ0) is 15.7. The number of aliphatic hydroxyl groups is 1. The van der Waals surface area contributed by atoms with Gasteiger partial charge in [0.15, 0.2) is 9.84 Å². The predicted octanol–water partition coefficient (Wildman–Crippen LogP) is 1.33. The molecular formula is C15H22N2O3S. The van der Waals surface area contributed by atoms with Crippen LogP contribution in [0.5, 0.6) is 0 Å². The highest BCUT2D eigenvalue weighted by Crippen LogP contribution is 2.12. The summed E-state index contributed by atoms with van der Waals surface area (Å²) >= 11 is 0. The highest BCUT2D eigenvalue weighted by molar-refractivity contribution is 7.91. The van der Waals surface area contributed by atoms with Gasteiger partial charge in [-0.1, -0.05) is 19.4 Å². The summed E-state index contributed by atoms with van der Waals surface area (Å²) in [5.41, 5.74) is 0.345. The summed E-state index contributed by atoms with van der Waals surface area (Å²) < 4.78 is 24.3. The molecule has 0 heterocycles. The van der Waals surface area contributed by atoms with Crippen LogP contribution >= 0.6 is 0 Å². The summed E-state index contributed by atoms with van der Waals surface area (Å²) in [6.07, 6.45) is 1.67. The van der Waals surface area contributed by atoms with Crippen molar-refractivity contribution in [2.45, 2.75) is 24.7 Å². The van der Waals surface area contributed by atoms with Crippen molar-refractivity contribution in [1.82, 2.24) is 5.32 Å². The first-order valence-corrected chi connectivity index (χ1v) is 8.73. The summed E-state index contributed by atoms with van der Waals surface area (Å²) in [4.78, 5) is 0.186. The number of aliphatic hydroxyl groups excluding tert-OH is 1. The van der Waals surface area contributed by atoms with Crippen LogP contribution in [0.3, 0.4) is 0 Å². The Morgan fingerprint density at radius 2 is 2.19 bits per heavy atom. The van der Waals surface area contributed by atoms with Crippen LogP contribution in [0.25, 0.3) is 0 Å². The van der Waals surface area contributed by atoms with Crippen molar-refractivity contribution < 1.29 is 13.5 Å². The number of sulfone groups is 1. The van der Waals surface area contributed by atoms with Crippen LogP contribution in [0.2, 0.25) is 0 Å². The molecule has 0 spiro atoms. The van der Waals surface area contributed by atoms with Gasteiger partial charge in [-0.2, -0.15) is 5.26 Å². The van der Waals surface area contributed by atoms with E-state index in [4.69, 9.17) is 10.4 Å². The second-order valence-corrected chi connectivity index (χ2v) is 7.06. The van der Waals surface area contributed by atoms with Gasteiger partial charge >= 0.3 is 0 Å². The Morgan fingerprint density at radius 3 is 2.81 bits per heavy atom. The average Bonchev–Trinajstić information content (AvgIpc) is 2.50. The third kappa shape index (κ3) is 5.84. The van der Waals surface area contributed by atoms with E-state index in [1.165, 1.54) is 12.1 Å². The molecule has 1 rings (SSSR count). The molecule has 6 heteroatoms. The smallest absolute Gasteiger partial charge is 0.179 e. The van der Waals surface area contributed by atoms with Crippen molar-refractivity contribution in [3.05, 3.63) is 29.8 Å². The van der Waals surface area contributed by atoms with Gasteiger partial charge in [-0.25, -0.2) is 8.42 Å². The highest BCUT2D eigenvalue weighted by atomic mass is 32.2. The lowest BCUT2D eigenvalue weighted by Gasteiger charge is -2.14. The minimum Gasteiger partial charge on any atom is -0.396 e. The van der Waals surface area contributed by atoms with Crippen molar-refractivity contribution >= 4 is 9.84 Å². The molecule has 1 unspecified atom stereocenters. The SMILES string of the molecule is CCC(CCO)CNCCS(=O)(=O)c1cccc(C#N)c1. The fraction of sp³-hybridized carbons (Fsp3) is 0.533. The third-order valence-corrected chi connectivity index (χ3v) is 5.13. The van der Waals surface area contributed by atoms with Gasteiger partial charge < -0.3 is 10.4 Å². The molecule has 0 amide bonds. The molecule has 5 nitrogen and oxygen atoms in total. The van der Waals surface area contributed by atoms with E-state index in [0.717, 1.165) is 12.8 Å². The minimum absolute atomic E-state index is 0.00254. The molecule has 1 atom stereocenters. The van der Waals surface area contributed by atoms with E-state index in [-0.39, 0.29) is 17.3 Å². The van der Waals surface area contributed by atoms with Gasteiger partial charge in [0.1, 0.15) is 0 Å². The molecule has 116 valence electrons. The molecule has 0 bridgehead atoms. The lowest BCUT2D eigenvalue weighted by molar-refractivity contribution is 0.252. The maximum atomic E-state index is 12.2. The van der Waals surface area contributed by atoms with Crippen molar-refractivity contribution in [3.8, 4) is 6.07 Å². The molecule has 0 aliphatic carbocycles. The Bertz CT molecular complexity index is 579. The van der Waals surface area contributed by atoms with Gasteiger partial charge in [0.2, 0.25) is 0 Å². The van der Waals surface area contributed by atoms with Gasteiger partial charge in [0, 0.05) is 13.2 Å². The average molecular weight is 310 g/mol.